The SMILES string of the molecule is COc1ccc(COc2c(F)cc(C(=O)NC[C@H]3CC[C@@H](Br)CC3)cc2F)cc1. The van der Waals surface area contributed by atoms with E-state index in [1.807, 2.05) is 0 Å². The van der Waals surface area contributed by atoms with Gasteiger partial charge in [-0.05, 0) is 61.4 Å². The molecule has 0 heterocycles. The second-order valence-corrected chi connectivity index (χ2v) is 8.53. The van der Waals surface area contributed by atoms with Crippen molar-refractivity contribution in [3.63, 3.8) is 0 Å². The van der Waals surface area contributed by atoms with Crippen LogP contribution in [0.3, 0.4) is 0 Å². The number of halogens is 3. The molecule has 0 bridgehead atoms. The average molecular weight is 468 g/mol. The Morgan fingerprint density at radius 1 is 1.10 bits per heavy atom. The van der Waals surface area contributed by atoms with E-state index in [1.165, 1.54) is 0 Å². The topological polar surface area (TPSA) is 47.6 Å². The summed E-state index contributed by atoms with van der Waals surface area (Å²) in [5.41, 5.74) is 0.690. The monoisotopic (exact) mass is 467 g/mol. The molecular weight excluding hydrogens is 444 g/mol. The van der Waals surface area contributed by atoms with Crippen molar-refractivity contribution in [2.24, 2.45) is 5.92 Å². The number of nitrogens with one attached hydrogen (secondary N) is 1. The molecule has 0 radical (unpaired) electrons. The number of hydrogen-bond acceptors (Lipinski definition) is 3. The Balaban J connectivity index is 1.58. The van der Waals surface area contributed by atoms with Crippen molar-refractivity contribution in [1.29, 1.82) is 0 Å². The van der Waals surface area contributed by atoms with Gasteiger partial charge in [0.1, 0.15) is 12.4 Å². The zero-order valence-electron chi connectivity index (χ0n) is 16.2. The lowest BCUT2D eigenvalue weighted by atomic mass is 9.89. The second kappa shape index (κ2) is 10.1. The summed E-state index contributed by atoms with van der Waals surface area (Å²) in [6, 6.07) is 9.00. The van der Waals surface area contributed by atoms with Gasteiger partial charge in [0.25, 0.3) is 5.91 Å². The smallest absolute Gasteiger partial charge is 0.251 e. The minimum absolute atomic E-state index is 0.000374. The van der Waals surface area contributed by atoms with E-state index in [0.717, 1.165) is 43.4 Å². The predicted octanol–water partition coefficient (Wildman–Crippen LogP) is 5.24. The molecule has 1 amide bonds. The number of carbonyl (C=O) groups is 1. The first-order valence-corrected chi connectivity index (χ1v) is 10.5. The van der Waals surface area contributed by atoms with Crippen LogP contribution in [-0.2, 0) is 6.61 Å². The molecule has 3 rings (SSSR count). The van der Waals surface area contributed by atoms with E-state index < -0.39 is 23.3 Å². The van der Waals surface area contributed by atoms with Gasteiger partial charge in [0, 0.05) is 16.9 Å². The Kier molecular flexibility index (Phi) is 7.47. The lowest BCUT2D eigenvalue weighted by Crippen LogP contribution is -2.31. The summed E-state index contributed by atoms with van der Waals surface area (Å²) in [5.74, 6) is -1.69. The van der Waals surface area contributed by atoms with Crippen LogP contribution in [0.2, 0.25) is 0 Å². The normalized spacial score (nSPS) is 18.9. The van der Waals surface area contributed by atoms with Crippen molar-refractivity contribution in [1.82, 2.24) is 5.32 Å². The summed E-state index contributed by atoms with van der Waals surface area (Å²) >= 11 is 3.60. The first-order chi connectivity index (χ1) is 14.0. The van der Waals surface area contributed by atoms with E-state index in [-0.39, 0.29) is 12.2 Å². The summed E-state index contributed by atoms with van der Waals surface area (Å²) in [6.45, 7) is 0.511. The zero-order chi connectivity index (χ0) is 20.8. The fourth-order valence-corrected chi connectivity index (χ4v) is 3.90. The molecule has 0 aliphatic heterocycles. The van der Waals surface area contributed by atoms with Crippen LogP contribution in [0.25, 0.3) is 0 Å². The van der Waals surface area contributed by atoms with Gasteiger partial charge in [-0.2, -0.15) is 0 Å². The van der Waals surface area contributed by atoms with Crippen molar-refractivity contribution in [2.45, 2.75) is 37.1 Å². The first-order valence-electron chi connectivity index (χ1n) is 9.63. The van der Waals surface area contributed by atoms with Gasteiger partial charge in [0.2, 0.25) is 0 Å². The maximum absolute atomic E-state index is 14.4. The van der Waals surface area contributed by atoms with Crippen LogP contribution in [-0.4, -0.2) is 24.4 Å². The third kappa shape index (κ3) is 5.92. The molecule has 1 aliphatic rings. The molecule has 1 N–H and O–H groups in total. The Hall–Kier alpha value is -2.15. The van der Waals surface area contributed by atoms with Gasteiger partial charge in [-0.15, -0.1) is 0 Å². The molecule has 7 heteroatoms. The molecule has 0 saturated heterocycles. The maximum atomic E-state index is 14.4. The fourth-order valence-electron chi connectivity index (χ4n) is 3.37. The molecule has 0 aromatic heterocycles. The molecule has 0 spiro atoms. The van der Waals surface area contributed by atoms with Gasteiger partial charge < -0.3 is 14.8 Å². The third-order valence-electron chi connectivity index (χ3n) is 5.13. The van der Waals surface area contributed by atoms with E-state index in [0.29, 0.717) is 23.0 Å². The van der Waals surface area contributed by atoms with Crippen molar-refractivity contribution < 1.29 is 23.0 Å². The predicted molar refractivity (Wildman–Crippen MR) is 111 cm³/mol. The van der Waals surface area contributed by atoms with E-state index in [2.05, 4.69) is 21.2 Å². The third-order valence-corrected chi connectivity index (χ3v) is 6.05. The first kappa shape index (κ1) is 21.6. The van der Waals surface area contributed by atoms with Crippen molar-refractivity contribution in [3.8, 4) is 11.5 Å². The Morgan fingerprint density at radius 2 is 1.72 bits per heavy atom. The number of benzene rings is 2. The number of ether oxygens (including phenoxy) is 2. The molecule has 1 aliphatic carbocycles. The van der Waals surface area contributed by atoms with Crippen LogP contribution < -0.4 is 14.8 Å². The summed E-state index contributed by atoms with van der Waals surface area (Å²) in [5, 5.41) is 2.79. The summed E-state index contributed by atoms with van der Waals surface area (Å²) in [6.07, 6.45) is 4.20. The minimum atomic E-state index is -0.900. The number of carbonyl (C=O) groups excluding carboxylic acids is 1. The van der Waals surface area contributed by atoms with Crippen LogP contribution in [0.4, 0.5) is 8.78 Å². The molecule has 2 aromatic rings. The van der Waals surface area contributed by atoms with Gasteiger partial charge in [0.15, 0.2) is 17.4 Å². The summed E-state index contributed by atoms with van der Waals surface area (Å²) in [4.78, 5) is 12.8. The zero-order valence-corrected chi connectivity index (χ0v) is 17.8. The van der Waals surface area contributed by atoms with E-state index >= 15 is 0 Å². The van der Waals surface area contributed by atoms with E-state index in [9.17, 15) is 13.6 Å². The largest absolute Gasteiger partial charge is 0.497 e. The van der Waals surface area contributed by atoms with Crippen LogP contribution in [0, 0.1) is 17.6 Å². The van der Waals surface area contributed by atoms with Gasteiger partial charge in [-0.1, -0.05) is 28.1 Å². The quantitative estimate of drug-likeness (QED) is 0.566. The van der Waals surface area contributed by atoms with Crippen LogP contribution in [0.5, 0.6) is 11.5 Å². The molecule has 2 aromatic carbocycles. The van der Waals surface area contributed by atoms with Gasteiger partial charge >= 0.3 is 0 Å². The lowest BCUT2D eigenvalue weighted by Gasteiger charge is -2.25. The summed E-state index contributed by atoms with van der Waals surface area (Å²) in [7, 11) is 1.56. The summed E-state index contributed by atoms with van der Waals surface area (Å²) < 4.78 is 39.1. The van der Waals surface area contributed by atoms with Crippen LogP contribution in [0.1, 0.15) is 41.6 Å². The lowest BCUT2D eigenvalue weighted by molar-refractivity contribution is 0.0942. The highest BCUT2D eigenvalue weighted by Crippen LogP contribution is 2.28. The number of amides is 1. The standard InChI is InChI=1S/C22H24BrF2NO3/c1-28-18-8-4-15(5-9-18)13-29-21-19(24)10-16(11-20(21)25)22(27)26-12-14-2-6-17(23)7-3-14/h4-5,8-11,14,17H,2-3,6-7,12-13H2,1H3,(H,26,27)/t14-,17+. The highest BCUT2D eigenvalue weighted by atomic mass is 79.9. The Bertz CT molecular complexity index is 813. The molecule has 0 atom stereocenters. The number of methoxy groups -OCH3 is 1. The minimum Gasteiger partial charge on any atom is -0.497 e. The fraction of sp³-hybridized carbons (Fsp3) is 0.409. The molecule has 4 nitrogen and oxygen atoms in total. The van der Waals surface area contributed by atoms with Crippen LogP contribution in [0.15, 0.2) is 36.4 Å². The van der Waals surface area contributed by atoms with Gasteiger partial charge in [-0.3, -0.25) is 4.79 Å². The molecule has 0 unspecified atom stereocenters. The van der Waals surface area contributed by atoms with E-state index in [4.69, 9.17) is 9.47 Å². The van der Waals surface area contributed by atoms with Gasteiger partial charge in [-0.25, -0.2) is 8.78 Å². The highest BCUT2D eigenvalue weighted by molar-refractivity contribution is 9.09. The number of hydrogen-bond donors (Lipinski definition) is 1. The Morgan fingerprint density at radius 3 is 2.31 bits per heavy atom. The average Bonchev–Trinajstić information content (AvgIpc) is 2.72. The number of alkyl halides is 1. The molecular formula is C22H24BrF2NO3. The van der Waals surface area contributed by atoms with Crippen molar-refractivity contribution in [2.75, 3.05) is 13.7 Å². The maximum Gasteiger partial charge on any atom is 0.251 e. The second-order valence-electron chi connectivity index (χ2n) is 7.23. The van der Waals surface area contributed by atoms with Gasteiger partial charge in [0.05, 0.1) is 7.11 Å². The number of rotatable bonds is 7. The molecule has 1 saturated carbocycles. The van der Waals surface area contributed by atoms with E-state index in [1.54, 1.807) is 31.4 Å². The van der Waals surface area contributed by atoms with Crippen molar-refractivity contribution in [3.05, 3.63) is 59.2 Å². The van der Waals surface area contributed by atoms with Crippen molar-refractivity contribution >= 4 is 21.8 Å². The highest BCUT2D eigenvalue weighted by Gasteiger charge is 2.21. The molecule has 29 heavy (non-hydrogen) atoms. The molecule has 156 valence electrons. The van der Waals surface area contributed by atoms with Crippen LogP contribution >= 0.6 is 15.9 Å². The molecule has 1 fully saturated rings. The Labute approximate surface area is 177 Å².